The van der Waals surface area contributed by atoms with Crippen LogP contribution in [0, 0.1) is 10.1 Å². The van der Waals surface area contributed by atoms with E-state index in [0.29, 0.717) is 18.1 Å². The maximum Gasteiger partial charge on any atom is 0.293 e. The minimum absolute atomic E-state index is 0.101. The lowest BCUT2D eigenvalue weighted by atomic mass is 10.2. The zero-order valence-corrected chi connectivity index (χ0v) is 14.2. The Morgan fingerprint density at radius 2 is 1.96 bits per heavy atom. The molecule has 8 nitrogen and oxygen atoms in total. The standard InChI is InChI=1S/C16H16N2O6S/c1-25(21,22)12-6-7-13(14(8-12)18(19)20)17-9-11-10-23-15-4-2-3-5-16(15)24-11/h2-8,11,17H,9-10H2,1H3. The molecule has 2 aromatic rings. The van der Waals surface area contributed by atoms with Gasteiger partial charge in [-0.15, -0.1) is 0 Å². The Balaban J connectivity index is 1.74. The number of benzene rings is 2. The summed E-state index contributed by atoms with van der Waals surface area (Å²) in [6, 6.07) is 11.0. The Kier molecular flexibility index (Phi) is 4.49. The SMILES string of the molecule is CS(=O)(=O)c1ccc(NCC2COc3ccccc3O2)c([N+](=O)[O-])c1. The van der Waals surface area contributed by atoms with E-state index in [2.05, 4.69) is 5.32 Å². The normalized spacial score (nSPS) is 16.3. The van der Waals surface area contributed by atoms with Gasteiger partial charge in [0.1, 0.15) is 18.4 Å². The number of nitro benzene ring substituents is 1. The highest BCUT2D eigenvalue weighted by atomic mass is 32.2. The van der Waals surface area contributed by atoms with E-state index in [-0.39, 0.29) is 28.9 Å². The van der Waals surface area contributed by atoms with Gasteiger partial charge in [-0.25, -0.2) is 8.42 Å². The highest BCUT2D eigenvalue weighted by Crippen LogP contribution is 2.32. The molecule has 0 aliphatic carbocycles. The van der Waals surface area contributed by atoms with Crippen molar-refractivity contribution in [3.63, 3.8) is 0 Å². The number of para-hydroxylation sites is 2. The lowest BCUT2D eigenvalue weighted by Gasteiger charge is -2.26. The number of anilines is 1. The summed E-state index contributed by atoms with van der Waals surface area (Å²) in [4.78, 5) is 10.5. The summed E-state index contributed by atoms with van der Waals surface area (Å²) < 4.78 is 34.5. The molecule has 25 heavy (non-hydrogen) atoms. The molecule has 0 saturated heterocycles. The molecule has 1 atom stereocenters. The number of fused-ring (bicyclic) bond motifs is 1. The molecule has 3 rings (SSSR count). The number of rotatable bonds is 5. The van der Waals surface area contributed by atoms with Crippen LogP contribution in [-0.2, 0) is 9.84 Å². The molecule has 1 N–H and O–H groups in total. The molecule has 1 unspecified atom stereocenters. The zero-order valence-electron chi connectivity index (χ0n) is 13.3. The molecular formula is C16H16N2O6S. The molecular weight excluding hydrogens is 348 g/mol. The summed E-state index contributed by atoms with van der Waals surface area (Å²) in [7, 11) is -3.52. The number of ether oxygens (including phenoxy) is 2. The van der Waals surface area contributed by atoms with Gasteiger partial charge in [-0.05, 0) is 24.3 Å². The first-order chi connectivity index (χ1) is 11.8. The smallest absolute Gasteiger partial charge is 0.293 e. The van der Waals surface area contributed by atoms with Crippen LogP contribution in [0.5, 0.6) is 11.5 Å². The second-order valence-corrected chi connectivity index (χ2v) is 7.60. The third kappa shape index (κ3) is 3.82. The summed E-state index contributed by atoms with van der Waals surface area (Å²) >= 11 is 0. The largest absolute Gasteiger partial charge is 0.486 e. The van der Waals surface area contributed by atoms with Crippen molar-refractivity contribution in [1.82, 2.24) is 0 Å². The summed E-state index contributed by atoms with van der Waals surface area (Å²) in [5.41, 5.74) is -0.0834. The van der Waals surface area contributed by atoms with E-state index in [1.165, 1.54) is 12.1 Å². The Hall–Kier alpha value is -2.81. The highest BCUT2D eigenvalue weighted by Gasteiger charge is 2.23. The van der Waals surface area contributed by atoms with E-state index in [0.717, 1.165) is 12.3 Å². The van der Waals surface area contributed by atoms with Crippen LogP contribution in [0.15, 0.2) is 47.4 Å². The molecule has 1 heterocycles. The van der Waals surface area contributed by atoms with E-state index in [9.17, 15) is 18.5 Å². The van der Waals surface area contributed by atoms with Gasteiger partial charge >= 0.3 is 0 Å². The van der Waals surface area contributed by atoms with Crippen molar-refractivity contribution >= 4 is 21.2 Å². The van der Waals surface area contributed by atoms with E-state index in [4.69, 9.17) is 9.47 Å². The van der Waals surface area contributed by atoms with Crippen LogP contribution in [0.3, 0.4) is 0 Å². The second-order valence-electron chi connectivity index (χ2n) is 5.59. The van der Waals surface area contributed by atoms with Crippen molar-refractivity contribution in [2.75, 3.05) is 24.7 Å². The molecule has 9 heteroatoms. The van der Waals surface area contributed by atoms with Crippen molar-refractivity contribution < 1.29 is 22.8 Å². The molecule has 0 aromatic heterocycles. The number of hydrogen-bond acceptors (Lipinski definition) is 7. The summed E-state index contributed by atoms with van der Waals surface area (Å²) in [5.74, 6) is 1.27. The first kappa shape index (κ1) is 17.0. The topological polar surface area (TPSA) is 108 Å². The molecule has 1 aliphatic rings. The molecule has 132 valence electrons. The van der Waals surface area contributed by atoms with Gasteiger partial charge < -0.3 is 14.8 Å². The molecule has 0 bridgehead atoms. The Labute approximate surface area is 144 Å². The van der Waals surface area contributed by atoms with Crippen molar-refractivity contribution in [2.24, 2.45) is 0 Å². The maximum atomic E-state index is 11.6. The van der Waals surface area contributed by atoms with Crippen LogP contribution >= 0.6 is 0 Å². The molecule has 0 fully saturated rings. The molecule has 0 radical (unpaired) electrons. The molecule has 0 spiro atoms. The zero-order chi connectivity index (χ0) is 18.0. The summed E-state index contributed by atoms with van der Waals surface area (Å²) in [5, 5.41) is 14.2. The predicted octanol–water partition coefficient (Wildman–Crippen LogP) is 2.25. The van der Waals surface area contributed by atoms with E-state index < -0.39 is 14.8 Å². The van der Waals surface area contributed by atoms with Crippen LogP contribution in [0.2, 0.25) is 0 Å². The quantitative estimate of drug-likeness (QED) is 0.640. The minimum Gasteiger partial charge on any atom is -0.486 e. The van der Waals surface area contributed by atoms with Gasteiger partial charge in [-0.2, -0.15) is 0 Å². The molecule has 2 aromatic carbocycles. The number of sulfone groups is 1. The summed E-state index contributed by atoms with van der Waals surface area (Å²) in [6.45, 7) is 0.576. The fourth-order valence-corrected chi connectivity index (χ4v) is 3.07. The maximum absolute atomic E-state index is 11.6. The van der Waals surface area contributed by atoms with Crippen molar-refractivity contribution in [2.45, 2.75) is 11.0 Å². The van der Waals surface area contributed by atoms with Crippen LogP contribution in [0.25, 0.3) is 0 Å². The monoisotopic (exact) mass is 364 g/mol. The van der Waals surface area contributed by atoms with Crippen LogP contribution < -0.4 is 14.8 Å². The average molecular weight is 364 g/mol. The van der Waals surface area contributed by atoms with Gasteiger partial charge in [0.2, 0.25) is 0 Å². The third-order valence-corrected chi connectivity index (χ3v) is 4.79. The van der Waals surface area contributed by atoms with E-state index >= 15 is 0 Å². The van der Waals surface area contributed by atoms with Gasteiger partial charge in [-0.3, -0.25) is 10.1 Å². The van der Waals surface area contributed by atoms with Gasteiger partial charge in [0, 0.05) is 12.3 Å². The highest BCUT2D eigenvalue weighted by molar-refractivity contribution is 7.90. The fraction of sp³-hybridized carbons (Fsp3) is 0.250. The Morgan fingerprint density at radius 3 is 2.64 bits per heavy atom. The number of nitro groups is 1. The van der Waals surface area contributed by atoms with E-state index in [1.54, 1.807) is 12.1 Å². The number of nitrogens with zero attached hydrogens (tertiary/aromatic N) is 1. The van der Waals surface area contributed by atoms with Crippen molar-refractivity contribution in [1.29, 1.82) is 0 Å². The van der Waals surface area contributed by atoms with Gasteiger partial charge in [-0.1, -0.05) is 12.1 Å². The van der Waals surface area contributed by atoms with Crippen LogP contribution in [-0.4, -0.2) is 38.9 Å². The van der Waals surface area contributed by atoms with Crippen molar-refractivity contribution in [3.05, 3.63) is 52.6 Å². The third-order valence-electron chi connectivity index (χ3n) is 3.68. The van der Waals surface area contributed by atoms with Gasteiger partial charge in [0.05, 0.1) is 16.4 Å². The Morgan fingerprint density at radius 1 is 1.24 bits per heavy atom. The van der Waals surface area contributed by atoms with Gasteiger partial charge in [0.15, 0.2) is 21.3 Å². The first-order valence-electron chi connectivity index (χ1n) is 7.45. The summed E-state index contributed by atoms with van der Waals surface area (Å²) in [6.07, 6.45) is 0.674. The predicted molar refractivity (Wildman–Crippen MR) is 91.0 cm³/mol. The first-order valence-corrected chi connectivity index (χ1v) is 9.34. The molecule has 1 aliphatic heterocycles. The second kappa shape index (κ2) is 6.60. The lowest BCUT2D eigenvalue weighted by Crippen LogP contribution is -2.35. The van der Waals surface area contributed by atoms with E-state index in [1.807, 2.05) is 12.1 Å². The number of nitrogens with one attached hydrogen (secondary N) is 1. The molecule has 0 amide bonds. The molecule has 0 saturated carbocycles. The van der Waals surface area contributed by atoms with Gasteiger partial charge in [0.25, 0.3) is 5.69 Å². The fourth-order valence-electron chi connectivity index (χ4n) is 2.43. The number of hydrogen-bond donors (Lipinski definition) is 1. The minimum atomic E-state index is -3.52. The van der Waals surface area contributed by atoms with Crippen molar-refractivity contribution in [3.8, 4) is 11.5 Å². The van der Waals surface area contributed by atoms with Crippen LogP contribution in [0.1, 0.15) is 0 Å². The van der Waals surface area contributed by atoms with Crippen LogP contribution in [0.4, 0.5) is 11.4 Å². The lowest BCUT2D eigenvalue weighted by molar-refractivity contribution is -0.384. The average Bonchev–Trinajstić information content (AvgIpc) is 2.58. The Bertz CT molecular complexity index is 913.